The van der Waals surface area contributed by atoms with Gasteiger partial charge >= 0.3 is 0 Å². The summed E-state index contributed by atoms with van der Waals surface area (Å²) in [5.41, 5.74) is 0. The first-order valence-electron chi connectivity index (χ1n) is 6.75. The second-order valence-electron chi connectivity index (χ2n) is 5.82. The van der Waals surface area contributed by atoms with Crippen molar-refractivity contribution in [3.63, 3.8) is 0 Å². The molecule has 5 heteroatoms. The van der Waals surface area contributed by atoms with Gasteiger partial charge in [0.15, 0.2) is 11.1 Å². The van der Waals surface area contributed by atoms with Gasteiger partial charge < -0.3 is 0 Å². The van der Waals surface area contributed by atoms with Crippen LogP contribution >= 0.6 is 0 Å². The first kappa shape index (κ1) is 12.1. The van der Waals surface area contributed by atoms with Crippen LogP contribution in [-0.2, 0) is 15.3 Å². The summed E-state index contributed by atoms with van der Waals surface area (Å²) in [5, 5.41) is 6.96. The van der Waals surface area contributed by atoms with E-state index in [2.05, 4.69) is 24.5 Å². The number of hydrogen-bond acceptors (Lipinski definition) is 4. The summed E-state index contributed by atoms with van der Waals surface area (Å²) in [5.74, 6) is 1.06. The summed E-state index contributed by atoms with van der Waals surface area (Å²) in [6, 6.07) is 0.955. The molecule has 3 heterocycles. The van der Waals surface area contributed by atoms with Crippen LogP contribution in [0.5, 0.6) is 0 Å². The molecule has 0 saturated carbocycles. The number of rotatable bonds is 0. The molecule has 0 spiro atoms. The fraction of sp³-hybridized carbons (Fsp3) is 1.00. The first-order chi connectivity index (χ1) is 8.15. The van der Waals surface area contributed by atoms with Gasteiger partial charge in [0, 0.05) is 18.0 Å². The van der Waals surface area contributed by atoms with Crippen molar-refractivity contribution in [2.24, 2.45) is 11.8 Å². The molecule has 17 heavy (non-hydrogen) atoms. The van der Waals surface area contributed by atoms with Crippen molar-refractivity contribution < 1.29 is 8.39 Å². The lowest BCUT2D eigenvalue weighted by Crippen LogP contribution is -2.62. The summed E-state index contributed by atoms with van der Waals surface area (Å²) in [6.45, 7) is 4.34. The molecule has 3 fully saturated rings. The Balaban J connectivity index is 1.79. The third-order valence-corrected chi connectivity index (χ3v) is 5.79. The second kappa shape index (κ2) is 4.61. The largest absolute Gasteiger partial charge is 0.299 e. The predicted molar refractivity (Wildman–Crippen MR) is 67.4 cm³/mol. The van der Waals surface area contributed by atoms with E-state index in [0.717, 1.165) is 0 Å². The van der Waals surface area contributed by atoms with Crippen LogP contribution in [0.15, 0.2) is 0 Å². The smallest absolute Gasteiger partial charge is 0.175 e. The highest BCUT2D eigenvalue weighted by molar-refractivity contribution is 7.80. The minimum absolute atomic E-state index is 0.0102. The van der Waals surface area contributed by atoms with Crippen molar-refractivity contribution in [1.29, 1.82) is 0 Å². The van der Waals surface area contributed by atoms with Gasteiger partial charge in [0.25, 0.3) is 0 Å². The molecular formula is C12H22N2O2S. The third kappa shape index (κ3) is 2.18. The van der Waals surface area contributed by atoms with E-state index < -0.39 is 11.1 Å². The van der Waals surface area contributed by atoms with Gasteiger partial charge in [0.2, 0.25) is 0 Å². The fourth-order valence-electron chi connectivity index (χ4n) is 3.50. The molecule has 0 aromatic carbocycles. The molecule has 7 atom stereocenters. The van der Waals surface area contributed by atoms with Crippen LogP contribution in [0.1, 0.15) is 39.5 Å². The molecule has 4 nitrogen and oxygen atoms in total. The molecule has 3 aliphatic heterocycles. The lowest BCUT2D eigenvalue weighted by Gasteiger charge is -2.49. The van der Waals surface area contributed by atoms with Gasteiger partial charge in [-0.15, -0.1) is 0 Å². The summed E-state index contributed by atoms with van der Waals surface area (Å²) in [7, 11) is 0. The van der Waals surface area contributed by atoms with Gasteiger partial charge in [-0.1, -0.05) is 0 Å². The fourth-order valence-corrected chi connectivity index (χ4v) is 4.99. The first-order valence-corrected chi connectivity index (χ1v) is 7.89. The van der Waals surface area contributed by atoms with Crippen LogP contribution < -0.4 is 10.6 Å². The van der Waals surface area contributed by atoms with Crippen LogP contribution in [0, 0.1) is 11.8 Å². The summed E-state index contributed by atoms with van der Waals surface area (Å²) in [6.07, 6.45) is 4.79. The Morgan fingerprint density at radius 2 is 1.65 bits per heavy atom. The SMILES string of the molecule is CC1CCC2C(N1)OS(=O)C1NC(C)CCC21. The normalized spacial score (nSPS) is 54.8. The van der Waals surface area contributed by atoms with Crippen LogP contribution in [0.4, 0.5) is 0 Å². The lowest BCUT2D eigenvalue weighted by atomic mass is 9.78. The molecule has 0 bridgehead atoms. The van der Waals surface area contributed by atoms with Crippen LogP contribution in [-0.4, -0.2) is 27.9 Å². The molecule has 0 aliphatic carbocycles. The maximum atomic E-state index is 12.1. The molecule has 2 N–H and O–H groups in total. The third-order valence-electron chi connectivity index (χ3n) is 4.50. The second-order valence-corrected chi connectivity index (χ2v) is 7.04. The van der Waals surface area contributed by atoms with E-state index in [1.54, 1.807) is 0 Å². The van der Waals surface area contributed by atoms with E-state index in [4.69, 9.17) is 4.18 Å². The lowest BCUT2D eigenvalue weighted by molar-refractivity contribution is -0.00436. The average Bonchev–Trinajstić information content (AvgIpc) is 2.29. The molecule has 3 rings (SSSR count). The highest BCUT2D eigenvalue weighted by Crippen LogP contribution is 2.40. The Hall–Kier alpha value is 0.0300. The van der Waals surface area contributed by atoms with Gasteiger partial charge in [-0.3, -0.25) is 14.8 Å². The minimum atomic E-state index is -1.18. The monoisotopic (exact) mass is 258 g/mol. The molecule has 0 aromatic rings. The molecule has 0 aromatic heterocycles. The van der Waals surface area contributed by atoms with E-state index >= 15 is 0 Å². The predicted octanol–water partition coefficient (Wildman–Crippen LogP) is 1.11. The van der Waals surface area contributed by atoms with Gasteiger partial charge in [-0.2, -0.15) is 0 Å². The minimum Gasteiger partial charge on any atom is -0.299 e. The zero-order valence-corrected chi connectivity index (χ0v) is 11.3. The van der Waals surface area contributed by atoms with Crippen LogP contribution in [0.3, 0.4) is 0 Å². The Bertz CT molecular complexity index is 326. The molecular weight excluding hydrogens is 236 g/mol. The molecule has 0 amide bonds. The van der Waals surface area contributed by atoms with Crippen molar-refractivity contribution in [1.82, 2.24) is 10.6 Å². The van der Waals surface area contributed by atoms with Gasteiger partial charge in [0.1, 0.15) is 11.6 Å². The Kier molecular flexibility index (Phi) is 3.28. The van der Waals surface area contributed by atoms with Crippen molar-refractivity contribution in [3.8, 4) is 0 Å². The van der Waals surface area contributed by atoms with Gasteiger partial charge in [0.05, 0.1) is 0 Å². The van der Waals surface area contributed by atoms with E-state index in [1.807, 2.05) is 0 Å². The number of piperidine rings is 2. The number of nitrogens with one attached hydrogen (secondary N) is 2. The summed E-state index contributed by atoms with van der Waals surface area (Å²) < 4.78 is 17.8. The van der Waals surface area contributed by atoms with Crippen molar-refractivity contribution >= 4 is 11.1 Å². The maximum absolute atomic E-state index is 12.1. The molecule has 98 valence electrons. The van der Waals surface area contributed by atoms with E-state index in [1.165, 1.54) is 25.7 Å². The van der Waals surface area contributed by atoms with Crippen LogP contribution in [0.2, 0.25) is 0 Å². The standard InChI is InChI=1S/C12H22N2O2S/c1-7-3-5-9-10-6-4-8(2)14-12(10)17(15)16-11(9)13-7/h7-14H,3-6H2,1-2H3. The van der Waals surface area contributed by atoms with Crippen LogP contribution in [0.25, 0.3) is 0 Å². The Morgan fingerprint density at radius 1 is 1.00 bits per heavy atom. The zero-order chi connectivity index (χ0) is 12.0. The average molecular weight is 258 g/mol. The maximum Gasteiger partial charge on any atom is 0.175 e. The summed E-state index contributed by atoms with van der Waals surface area (Å²) >= 11 is -1.18. The van der Waals surface area contributed by atoms with Gasteiger partial charge in [-0.25, -0.2) is 4.21 Å². The topological polar surface area (TPSA) is 50.4 Å². The van der Waals surface area contributed by atoms with E-state index in [9.17, 15) is 4.21 Å². The zero-order valence-electron chi connectivity index (χ0n) is 10.5. The van der Waals surface area contributed by atoms with E-state index in [-0.39, 0.29) is 11.6 Å². The molecule has 3 aliphatic rings. The Labute approximate surface area is 106 Å². The van der Waals surface area contributed by atoms with Gasteiger partial charge in [-0.05, 0) is 45.4 Å². The van der Waals surface area contributed by atoms with Crippen molar-refractivity contribution in [2.75, 3.05) is 0 Å². The van der Waals surface area contributed by atoms with Crippen molar-refractivity contribution in [3.05, 3.63) is 0 Å². The highest BCUT2D eigenvalue weighted by Gasteiger charge is 2.48. The quantitative estimate of drug-likeness (QED) is 0.683. The summed E-state index contributed by atoms with van der Waals surface area (Å²) in [4.78, 5) is 0. The van der Waals surface area contributed by atoms with Crippen molar-refractivity contribution in [2.45, 2.75) is 63.2 Å². The van der Waals surface area contributed by atoms with E-state index in [0.29, 0.717) is 23.9 Å². The molecule has 7 unspecified atom stereocenters. The number of fused-ring (bicyclic) bond motifs is 3. The molecule has 0 radical (unpaired) electrons. The Morgan fingerprint density at radius 3 is 2.41 bits per heavy atom. The highest BCUT2D eigenvalue weighted by atomic mass is 32.2. The molecule has 3 saturated heterocycles. The number of hydrogen-bond donors (Lipinski definition) is 2.